The van der Waals surface area contributed by atoms with Crippen molar-refractivity contribution in [3.8, 4) is 5.75 Å². The highest BCUT2D eigenvalue weighted by Gasteiger charge is 2.06. The molecule has 1 aliphatic heterocycles. The first-order chi connectivity index (χ1) is 5.47. The van der Waals surface area contributed by atoms with Gasteiger partial charge in [-0.3, -0.25) is 0 Å². The molecule has 57 valence electrons. The van der Waals surface area contributed by atoms with Crippen LogP contribution < -0.4 is 4.74 Å². The van der Waals surface area contributed by atoms with Crippen molar-refractivity contribution >= 4 is 0 Å². The predicted octanol–water partition coefficient (Wildman–Crippen LogP) is 2.56. The molecule has 11 heavy (non-hydrogen) atoms. The molecule has 0 atom stereocenters. The third kappa shape index (κ3) is 1.37. The summed E-state index contributed by atoms with van der Waals surface area (Å²) < 4.78 is 5.42. The standard InChI is InChI=1S/C10H11O/c1-2-7-10-9(5-1)6-3-4-8-11-10/h1-2,5,7-8H,3-4,6H2. The van der Waals surface area contributed by atoms with E-state index in [1.807, 2.05) is 18.7 Å². The van der Waals surface area contributed by atoms with Gasteiger partial charge >= 0.3 is 0 Å². The molecular formula is C10H11O. The highest BCUT2D eigenvalue weighted by atomic mass is 16.5. The molecule has 1 heteroatoms. The molecule has 0 fully saturated rings. The molecule has 0 aromatic heterocycles. The second-order valence-electron chi connectivity index (χ2n) is 2.78. The fourth-order valence-electron chi connectivity index (χ4n) is 1.35. The second-order valence-corrected chi connectivity index (χ2v) is 2.78. The van der Waals surface area contributed by atoms with Gasteiger partial charge in [0.05, 0.1) is 0 Å². The average molecular weight is 147 g/mol. The van der Waals surface area contributed by atoms with Crippen molar-refractivity contribution in [2.45, 2.75) is 19.3 Å². The maximum absolute atomic E-state index is 5.42. The predicted molar refractivity (Wildman–Crippen MR) is 44.3 cm³/mol. The van der Waals surface area contributed by atoms with E-state index in [4.69, 9.17) is 4.74 Å². The fraction of sp³-hybridized carbons (Fsp3) is 0.300. The van der Waals surface area contributed by atoms with E-state index in [2.05, 4.69) is 12.1 Å². The van der Waals surface area contributed by atoms with Crippen molar-refractivity contribution in [1.82, 2.24) is 0 Å². The molecule has 1 nitrogen and oxygen atoms in total. The number of rotatable bonds is 0. The van der Waals surface area contributed by atoms with Gasteiger partial charge in [0.25, 0.3) is 0 Å². The quantitative estimate of drug-likeness (QED) is 0.548. The van der Waals surface area contributed by atoms with Gasteiger partial charge in [-0.15, -0.1) is 0 Å². The minimum absolute atomic E-state index is 1.03. The lowest BCUT2D eigenvalue weighted by atomic mass is 10.1. The summed E-state index contributed by atoms with van der Waals surface area (Å²) in [6, 6.07) is 8.23. The van der Waals surface area contributed by atoms with Gasteiger partial charge in [0, 0.05) is 0 Å². The van der Waals surface area contributed by atoms with Gasteiger partial charge in [-0.05, 0) is 30.9 Å². The molecule has 0 bridgehead atoms. The van der Waals surface area contributed by atoms with Crippen molar-refractivity contribution < 1.29 is 4.74 Å². The molecule has 0 saturated heterocycles. The Morgan fingerprint density at radius 2 is 2.09 bits per heavy atom. The van der Waals surface area contributed by atoms with Gasteiger partial charge in [0.2, 0.25) is 0 Å². The van der Waals surface area contributed by atoms with Crippen LogP contribution in [0.2, 0.25) is 0 Å². The lowest BCUT2D eigenvalue weighted by molar-refractivity contribution is 0.397. The number of para-hydroxylation sites is 1. The molecule has 1 aliphatic rings. The number of benzene rings is 1. The normalized spacial score (nSPS) is 16.4. The molecule has 0 amide bonds. The molecule has 1 aromatic rings. The highest BCUT2D eigenvalue weighted by molar-refractivity contribution is 5.34. The summed E-state index contributed by atoms with van der Waals surface area (Å²) in [7, 11) is 0. The van der Waals surface area contributed by atoms with E-state index in [0.29, 0.717) is 0 Å². The third-order valence-corrected chi connectivity index (χ3v) is 1.95. The lowest BCUT2D eigenvalue weighted by Gasteiger charge is -2.03. The Kier molecular flexibility index (Phi) is 1.80. The second kappa shape index (κ2) is 2.95. The molecule has 1 radical (unpaired) electrons. The Labute approximate surface area is 67.0 Å². The van der Waals surface area contributed by atoms with Crippen LogP contribution in [0.15, 0.2) is 24.3 Å². The highest BCUT2D eigenvalue weighted by Crippen LogP contribution is 2.24. The van der Waals surface area contributed by atoms with Crippen LogP contribution in [0.1, 0.15) is 18.4 Å². The number of ether oxygens (including phenoxy) is 1. The van der Waals surface area contributed by atoms with Gasteiger partial charge in [-0.25, -0.2) is 0 Å². The van der Waals surface area contributed by atoms with E-state index < -0.39 is 0 Å². The lowest BCUT2D eigenvalue weighted by Crippen LogP contribution is -1.87. The van der Waals surface area contributed by atoms with Gasteiger partial charge in [0.1, 0.15) is 12.4 Å². The van der Waals surface area contributed by atoms with Crippen LogP contribution in [0.5, 0.6) is 5.75 Å². The molecule has 2 rings (SSSR count). The van der Waals surface area contributed by atoms with E-state index in [1.165, 1.54) is 12.0 Å². The Bertz CT molecular complexity index is 217. The van der Waals surface area contributed by atoms with E-state index >= 15 is 0 Å². The maximum Gasteiger partial charge on any atom is 0.135 e. The molecule has 0 unspecified atom stereocenters. The fourth-order valence-corrected chi connectivity index (χ4v) is 1.35. The third-order valence-electron chi connectivity index (χ3n) is 1.95. The van der Waals surface area contributed by atoms with Gasteiger partial charge in [0.15, 0.2) is 0 Å². The van der Waals surface area contributed by atoms with Crippen molar-refractivity contribution in [2.75, 3.05) is 0 Å². The Morgan fingerprint density at radius 1 is 1.18 bits per heavy atom. The molecular weight excluding hydrogens is 136 g/mol. The van der Waals surface area contributed by atoms with Gasteiger partial charge in [-0.1, -0.05) is 18.2 Å². The number of fused-ring (bicyclic) bond motifs is 1. The molecule has 1 aromatic carbocycles. The van der Waals surface area contributed by atoms with Crippen molar-refractivity contribution in [3.63, 3.8) is 0 Å². The Balaban J connectivity index is 2.33. The van der Waals surface area contributed by atoms with Gasteiger partial charge in [-0.2, -0.15) is 0 Å². The van der Waals surface area contributed by atoms with E-state index in [-0.39, 0.29) is 0 Å². The number of hydrogen-bond donors (Lipinski definition) is 0. The van der Waals surface area contributed by atoms with Crippen molar-refractivity contribution in [2.24, 2.45) is 0 Å². The SMILES string of the molecule is [CH]1CCCc2ccccc2O1. The zero-order chi connectivity index (χ0) is 7.52. The van der Waals surface area contributed by atoms with Crippen LogP contribution in [0.3, 0.4) is 0 Å². The number of aryl methyl sites for hydroxylation is 1. The van der Waals surface area contributed by atoms with Crippen molar-refractivity contribution in [3.05, 3.63) is 36.4 Å². The first-order valence-corrected chi connectivity index (χ1v) is 4.03. The first kappa shape index (κ1) is 6.71. The average Bonchev–Trinajstić information content (AvgIpc) is 2.28. The summed E-state index contributed by atoms with van der Waals surface area (Å²) >= 11 is 0. The van der Waals surface area contributed by atoms with Crippen molar-refractivity contribution in [1.29, 1.82) is 0 Å². The minimum atomic E-state index is 1.03. The monoisotopic (exact) mass is 147 g/mol. The molecule has 0 spiro atoms. The molecule has 0 N–H and O–H groups in total. The summed E-state index contributed by atoms with van der Waals surface area (Å²) in [5, 5.41) is 0. The van der Waals surface area contributed by atoms with Crippen LogP contribution in [0.25, 0.3) is 0 Å². The van der Waals surface area contributed by atoms with Crippen LogP contribution in [-0.4, -0.2) is 0 Å². The molecule has 0 saturated carbocycles. The van der Waals surface area contributed by atoms with E-state index in [1.54, 1.807) is 0 Å². The zero-order valence-electron chi connectivity index (χ0n) is 6.42. The summed E-state index contributed by atoms with van der Waals surface area (Å²) in [6.45, 7) is 1.89. The van der Waals surface area contributed by atoms with Crippen LogP contribution in [0.4, 0.5) is 0 Å². The Hall–Kier alpha value is -0.980. The van der Waals surface area contributed by atoms with Crippen LogP contribution in [-0.2, 0) is 6.42 Å². The minimum Gasteiger partial charge on any atom is -0.486 e. The summed E-state index contributed by atoms with van der Waals surface area (Å²) in [5.74, 6) is 1.03. The van der Waals surface area contributed by atoms with E-state index in [0.717, 1.165) is 18.6 Å². The zero-order valence-corrected chi connectivity index (χ0v) is 6.42. The van der Waals surface area contributed by atoms with Gasteiger partial charge < -0.3 is 4.74 Å². The smallest absolute Gasteiger partial charge is 0.135 e. The van der Waals surface area contributed by atoms with E-state index in [9.17, 15) is 0 Å². The van der Waals surface area contributed by atoms with Crippen LogP contribution >= 0.6 is 0 Å². The largest absolute Gasteiger partial charge is 0.486 e. The summed E-state index contributed by atoms with van der Waals surface area (Å²) in [6.07, 6.45) is 3.42. The first-order valence-electron chi connectivity index (χ1n) is 4.03. The maximum atomic E-state index is 5.42. The Morgan fingerprint density at radius 3 is 3.09 bits per heavy atom. The summed E-state index contributed by atoms with van der Waals surface area (Å²) in [4.78, 5) is 0. The summed E-state index contributed by atoms with van der Waals surface area (Å²) in [5.41, 5.74) is 1.33. The van der Waals surface area contributed by atoms with Crippen LogP contribution in [0, 0.1) is 6.61 Å². The molecule has 0 aliphatic carbocycles. The number of hydrogen-bond acceptors (Lipinski definition) is 1. The molecule has 1 heterocycles. The topological polar surface area (TPSA) is 9.23 Å².